The number of carboxylic acid groups (broad SMARTS) is 2. The largest absolute Gasteiger partial charge is 2.00 e. The Morgan fingerprint density at radius 2 is 1.24 bits per heavy atom. The predicted molar refractivity (Wildman–Crippen MR) is 110 cm³/mol. The molecule has 0 aromatic heterocycles. The fourth-order valence-electron chi connectivity index (χ4n) is 3.67. The Bertz CT molecular complexity index is 565. The van der Waals surface area contributed by atoms with Gasteiger partial charge in [-0.1, -0.05) is 90.9 Å². The fourth-order valence-corrected chi connectivity index (χ4v) is 4.86. The molecule has 9 heteroatoms. The Kier molecular flexibility index (Phi) is 18.6. The molecule has 0 fully saturated rings. The number of aliphatic carboxylic acids is 2. The Morgan fingerprint density at radius 1 is 0.828 bits per heavy atom. The zero-order valence-electron chi connectivity index (χ0n) is 18.0. The summed E-state index contributed by atoms with van der Waals surface area (Å²) in [6.07, 6.45) is 8.78. The van der Waals surface area contributed by atoms with E-state index in [4.69, 9.17) is 0 Å². The summed E-state index contributed by atoms with van der Waals surface area (Å²) in [5.41, 5.74) is 0. The molecule has 1 N–H and O–H groups in total. The normalized spacial score (nSPS) is 14.6. The van der Waals surface area contributed by atoms with Crippen LogP contribution in [-0.2, 0) is 19.7 Å². The number of unbranched alkanes of at least 4 members (excludes halogenated alkanes) is 10. The Labute approximate surface area is 216 Å². The van der Waals surface area contributed by atoms with Crippen molar-refractivity contribution in [3.63, 3.8) is 0 Å². The van der Waals surface area contributed by atoms with E-state index in [1.807, 2.05) is 6.92 Å². The molecule has 0 heterocycles. The average Bonchev–Trinajstić information content (AvgIpc) is 2.60. The second-order valence-electron chi connectivity index (χ2n) is 7.60. The summed E-state index contributed by atoms with van der Waals surface area (Å²) in [6, 6.07) is 0. The van der Waals surface area contributed by atoms with Crippen molar-refractivity contribution in [2.24, 2.45) is 5.92 Å². The van der Waals surface area contributed by atoms with Gasteiger partial charge in [-0.15, -0.1) is 0 Å². The van der Waals surface area contributed by atoms with Crippen LogP contribution in [0.15, 0.2) is 0 Å². The van der Waals surface area contributed by atoms with Crippen LogP contribution in [-0.4, -0.2) is 78.5 Å². The maximum Gasteiger partial charge on any atom is 2.00 e. The van der Waals surface area contributed by atoms with Gasteiger partial charge in [0.05, 0.1) is 5.97 Å². The molecular formula is C20H36BaO7S. The van der Waals surface area contributed by atoms with E-state index in [1.165, 1.54) is 0 Å². The van der Waals surface area contributed by atoms with E-state index in [9.17, 15) is 32.8 Å². The first-order valence-electron chi connectivity index (χ1n) is 10.5. The van der Waals surface area contributed by atoms with Gasteiger partial charge in [-0.05, 0) is 12.8 Å². The molecule has 2 unspecified atom stereocenters. The molecule has 0 saturated carbocycles. The number of carbonyl (C=O) groups excluding carboxylic acids is 2. The van der Waals surface area contributed by atoms with Gasteiger partial charge in [0.2, 0.25) is 0 Å². The van der Waals surface area contributed by atoms with E-state index in [0.29, 0.717) is 19.3 Å². The summed E-state index contributed by atoms with van der Waals surface area (Å²) in [5, 5.41) is 23.5. The zero-order chi connectivity index (χ0) is 21.6. The Hall–Kier alpha value is 0.421. The quantitative estimate of drug-likeness (QED) is 0.154. The third-order valence-corrected chi connectivity index (χ3v) is 6.98. The smallest absolute Gasteiger partial charge is 0.550 e. The zero-order valence-corrected chi connectivity index (χ0v) is 23.2. The summed E-state index contributed by atoms with van der Waals surface area (Å²) in [7, 11) is -5.20. The molecule has 0 aliphatic heterocycles. The minimum atomic E-state index is -5.20. The van der Waals surface area contributed by atoms with E-state index >= 15 is 0 Å². The van der Waals surface area contributed by atoms with Crippen molar-refractivity contribution in [2.75, 3.05) is 0 Å². The monoisotopic (exact) mass is 558 g/mol. The molecule has 0 saturated heterocycles. The molecule has 0 bridgehead atoms. The van der Waals surface area contributed by atoms with Crippen LogP contribution < -0.4 is 10.2 Å². The summed E-state index contributed by atoms with van der Waals surface area (Å²) < 4.78 is 30.9. The van der Waals surface area contributed by atoms with Gasteiger partial charge in [-0.2, -0.15) is 8.42 Å². The van der Waals surface area contributed by atoms with Gasteiger partial charge in [-0.25, -0.2) is 0 Å². The SMILES string of the molecule is CCCCCCCCC(C(=O)[O-])C(CCCCCCCC)(C(=O)[O-])S(=O)(=O)O.[Ba+2]. The van der Waals surface area contributed by atoms with Crippen molar-refractivity contribution in [3.8, 4) is 0 Å². The van der Waals surface area contributed by atoms with E-state index in [0.717, 1.165) is 51.4 Å². The Morgan fingerprint density at radius 3 is 1.62 bits per heavy atom. The van der Waals surface area contributed by atoms with Gasteiger partial charge >= 0.3 is 48.9 Å². The van der Waals surface area contributed by atoms with Crippen LogP contribution in [0.25, 0.3) is 0 Å². The molecule has 0 aliphatic rings. The van der Waals surface area contributed by atoms with E-state index in [1.54, 1.807) is 0 Å². The molecule has 0 aromatic carbocycles. The number of rotatable bonds is 18. The van der Waals surface area contributed by atoms with Crippen molar-refractivity contribution in [3.05, 3.63) is 0 Å². The molecule has 7 nitrogen and oxygen atoms in total. The summed E-state index contributed by atoms with van der Waals surface area (Å²) in [5.74, 6) is -5.68. The van der Waals surface area contributed by atoms with Crippen LogP contribution in [0.4, 0.5) is 0 Å². The molecular weight excluding hydrogens is 522 g/mol. The summed E-state index contributed by atoms with van der Waals surface area (Å²) in [6.45, 7) is 4.11. The summed E-state index contributed by atoms with van der Waals surface area (Å²) in [4.78, 5) is 23.5. The molecule has 0 aliphatic carbocycles. The van der Waals surface area contributed by atoms with Crippen molar-refractivity contribution < 1.29 is 32.8 Å². The molecule has 0 spiro atoms. The minimum Gasteiger partial charge on any atom is -0.550 e. The summed E-state index contributed by atoms with van der Waals surface area (Å²) >= 11 is 0. The number of carboxylic acids is 2. The predicted octanol–water partition coefficient (Wildman–Crippen LogP) is 1.85. The van der Waals surface area contributed by atoms with Crippen molar-refractivity contribution in [1.82, 2.24) is 0 Å². The van der Waals surface area contributed by atoms with Gasteiger partial charge in [0, 0.05) is 11.9 Å². The maximum atomic E-state index is 12.0. The van der Waals surface area contributed by atoms with E-state index in [-0.39, 0.29) is 61.7 Å². The minimum absolute atomic E-state index is 0. The van der Waals surface area contributed by atoms with Crippen LogP contribution >= 0.6 is 0 Å². The molecule has 0 amide bonds. The van der Waals surface area contributed by atoms with E-state index < -0.39 is 39.1 Å². The van der Waals surface area contributed by atoms with E-state index in [2.05, 4.69) is 6.92 Å². The number of hydrogen-bond acceptors (Lipinski definition) is 6. The first kappa shape index (κ1) is 31.6. The van der Waals surface area contributed by atoms with Gasteiger partial charge in [0.1, 0.15) is 4.75 Å². The van der Waals surface area contributed by atoms with Gasteiger partial charge in [-0.3, -0.25) is 4.55 Å². The standard InChI is InChI=1S/C20H38O7S.Ba/c1-3-5-7-9-11-13-15-17(18(21)22)20(19(23)24,28(25,26)27)16-14-12-10-8-6-4-2;/h17H,3-16H2,1-2H3,(H,21,22)(H,23,24)(H,25,26,27);/q;+2/p-2. The first-order chi connectivity index (χ1) is 13.1. The van der Waals surface area contributed by atoms with Crippen molar-refractivity contribution >= 4 is 70.9 Å². The van der Waals surface area contributed by atoms with Gasteiger partial charge in [0.15, 0.2) is 0 Å². The molecule has 0 aromatic rings. The molecule has 166 valence electrons. The fraction of sp³-hybridized carbons (Fsp3) is 0.900. The van der Waals surface area contributed by atoms with Crippen LogP contribution in [0.5, 0.6) is 0 Å². The molecule has 2 atom stereocenters. The second-order valence-corrected chi connectivity index (χ2v) is 9.28. The van der Waals surface area contributed by atoms with Gasteiger partial charge < -0.3 is 19.8 Å². The van der Waals surface area contributed by atoms with Crippen LogP contribution in [0, 0.1) is 5.92 Å². The average molecular weight is 558 g/mol. The van der Waals surface area contributed by atoms with Crippen molar-refractivity contribution in [1.29, 1.82) is 0 Å². The van der Waals surface area contributed by atoms with Gasteiger partial charge in [0.25, 0.3) is 10.1 Å². The van der Waals surface area contributed by atoms with Crippen molar-refractivity contribution in [2.45, 2.75) is 108 Å². The van der Waals surface area contributed by atoms with Crippen LogP contribution in [0.1, 0.15) is 104 Å². The third kappa shape index (κ3) is 11.0. The first-order valence-corrected chi connectivity index (χ1v) is 12.0. The second kappa shape index (κ2) is 17.0. The topological polar surface area (TPSA) is 135 Å². The molecule has 29 heavy (non-hydrogen) atoms. The maximum absolute atomic E-state index is 12.0. The third-order valence-electron chi connectivity index (χ3n) is 5.40. The number of carbonyl (C=O) groups is 2. The van der Waals surface area contributed by atoms with Crippen LogP contribution in [0.3, 0.4) is 0 Å². The Balaban J connectivity index is 0. The molecule has 0 rings (SSSR count). The number of hydrogen-bond donors (Lipinski definition) is 1. The molecule has 0 radical (unpaired) electrons. The van der Waals surface area contributed by atoms with Crippen LogP contribution in [0.2, 0.25) is 0 Å².